The van der Waals surface area contributed by atoms with Crippen LogP contribution in [0.4, 0.5) is 0 Å². The van der Waals surface area contributed by atoms with Crippen molar-refractivity contribution in [1.82, 2.24) is 9.88 Å². The Labute approximate surface area is 167 Å². The second-order valence-corrected chi connectivity index (χ2v) is 7.05. The standard InChI is InChI=1S/C21H27N3O2.ClH/c1-23(2)20(25)21(18-8-4-3-5-9-18,19-10-6-7-12-22-19)11-13-24-14-16-26-17-15-24;/h3-10,12H,11,13-17H2,1-2H3;1H. The van der Waals surface area contributed by atoms with E-state index in [0.717, 1.165) is 50.5 Å². The molecule has 1 fully saturated rings. The smallest absolute Gasteiger partial charge is 0.239 e. The highest BCUT2D eigenvalue weighted by Crippen LogP contribution is 2.35. The lowest BCUT2D eigenvalue weighted by Gasteiger charge is -2.36. The number of amides is 1. The largest absolute Gasteiger partial charge is 1.00 e. The van der Waals surface area contributed by atoms with Crippen LogP contribution in [-0.2, 0) is 14.9 Å². The Hall–Kier alpha value is -1.95. The topological polar surface area (TPSA) is 46.9 Å². The van der Waals surface area contributed by atoms with E-state index >= 15 is 0 Å². The first kappa shape index (κ1) is 21.4. The van der Waals surface area contributed by atoms with Crippen LogP contribution in [0.3, 0.4) is 0 Å². The van der Waals surface area contributed by atoms with Crippen LogP contribution in [0.5, 0.6) is 0 Å². The molecule has 1 aromatic carbocycles. The molecule has 1 atom stereocenters. The predicted molar refractivity (Wildman–Crippen MR) is 101 cm³/mol. The zero-order valence-corrected chi connectivity index (χ0v) is 16.8. The summed E-state index contributed by atoms with van der Waals surface area (Å²) in [5, 5.41) is 0. The third-order valence-electron chi connectivity index (χ3n) is 5.19. The average molecular weight is 390 g/mol. The van der Waals surface area contributed by atoms with Crippen LogP contribution in [-0.4, -0.2) is 62.7 Å². The number of halogens is 1. The Kier molecular flexibility index (Phi) is 7.78. The van der Waals surface area contributed by atoms with Gasteiger partial charge in [0.05, 0.1) is 25.5 Å². The Morgan fingerprint density at radius 1 is 1.11 bits per heavy atom. The summed E-state index contributed by atoms with van der Waals surface area (Å²) < 4.78 is 5.48. The lowest BCUT2D eigenvalue weighted by atomic mass is 9.73. The number of carbonyl (C=O) groups excluding carboxylic acids is 1. The van der Waals surface area contributed by atoms with Gasteiger partial charge < -0.3 is 26.9 Å². The van der Waals surface area contributed by atoms with Gasteiger partial charge in [0.2, 0.25) is 5.91 Å². The maximum absolute atomic E-state index is 13.5. The number of pyridine rings is 1. The van der Waals surface area contributed by atoms with Crippen molar-refractivity contribution in [2.45, 2.75) is 11.8 Å². The van der Waals surface area contributed by atoms with Crippen LogP contribution < -0.4 is 17.3 Å². The number of hydrogen-bond acceptors (Lipinski definition) is 3. The van der Waals surface area contributed by atoms with Gasteiger partial charge in [-0.1, -0.05) is 36.4 Å². The van der Waals surface area contributed by atoms with Gasteiger partial charge in [-0.25, -0.2) is 0 Å². The van der Waals surface area contributed by atoms with Crippen LogP contribution in [0.15, 0.2) is 54.7 Å². The van der Waals surface area contributed by atoms with Crippen molar-refractivity contribution in [3.8, 4) is 0 Å². The molecule has 0 radical (unpaired) electrons. The molecular formula is C21H28ClN3O2. The minimum absolute atomic E-state index is 0. The minimum Gasteiger partial charge on any atom is -1.00 e. The number of ether oxygens (including phenoxy) is 1. The van der Waals surface area contributed by atoms with Crippen molar-refractivity contribution in [2.24, 2.45) is 0 Å². The van der Waals surface area contributed by atoms with E-state index in [1.165, 1.54) is 4.90 Å². The Morgan fingerprint density at radius 3 is 2.37 bits per heavy atom. The van der Waals surface area contributed by atoms with E-state index in [2.05, 4.69) is 4.98 Å². The summed E-state index contributed by atoms with van der Waals surface area (Å²) in [5.41, 5.74) is 1.06. The number of morpholine rings is 1. The Balaban J connectivity index is 0.00000261. The molecule has 1 N–H and O–H groups in total. The van der Waals surface area contributed by atoms with E-state index in [1.54, 1.807) is 11.1 Å². The molecule has 1 unspecified atom stereocenters. The minimum atomic E-state index is -0.767. The summed E-state index contributed by atoms with van der Waals surface area (Å²) in [6.07, 6.45) is 2.50. The van der Waals surface area contributed by atoms with Gasteiger partial charge in [-0.3, -0.25) is 9.78 Å². The second kappa shape index (κ2) is 9.83. The molecule has 3 rings (SSSR count). The van der Waals surface area contributed by atoms with Crippen LogP contribution >= 0.6 is 0 Å². The number of hydrogen-bond donors (Lipinski definition) is 1. The summed E-state index contributed by atoms with van der Waals surface area (Å²) >= 11 is 0. The Morgan fingerprint density at radius 2 is 1.78 bits per heavy atom. The van der Waals surface area contributed by atoms with Crippen LogP contribution in [0.25, 0.3) is 0 Å². The van der Waals surface area contributed by atoms with Gasteiger partial charge in [-0.05, 0) is 17.7 Å². The number of quaternary nitrogens is 1. The quantitative estimate of drug-likeness (QED) is 0.608. The lowest BCUT2D eigenvalue weighted by molar-refractivity contribution is -0.908. The normalized spacial score (nSPS) is 16.8. The van der Waals surface area contributed by atoms with Gasteiger partial charge >= 0.3 is 0 Å². The molecular weight excluding hydrogens is 362 g/mol. The fraction of sp³-hybridized carbons (Fsp3) is 0.429. The van der Waals surface area contributed by atoms with Crippen molar-refractivity contribution in [3.63, 3.8) is 0 Å². The number of nitrogens with zero attached hydrogens (tertiary/aromatic N) is 2. The lowest BCUT2D eigenvalue weighted by Crippen LogP contribution is -3.14. The predicted octanol–water partition coefficient (Wildman–Crippen LogP) is -2.23. The van der Waals surface area contributed by atoms with Gasteiger partial charge in [0.15, 0.2) is 0 Å². The van der Waals surface area contributed by atoms with Crippen LogP contribution in [0.2, 0.25) is 0 Å². The highest BCUT2D eigenvalue weighted by atomic mass is 35.5. The number of nitrogens with one attached hydrogen (secondary N) is 1. The van der Waals surface area contributed by atoms with E-state index in [0.29, 0.717) is 0 Å². The van der Waals surface area contributed by atoms with E-state index in [1.807, 2.05) is 62.6 Å². The molecule has 0 aliphatic carbocycles. The molecule has 1 saturated heterocycles. The first-order valence-corrected chi connectivity index (χ1v) is 9.24. The highest BCUT2D eigenvalue weighted by Gasteiger charge is 2.45. The fourth-order valence-electron chi connectivity index (χ4n) is 3.75. The molecule has 1 aromatic heterocycles. The molecule has 0 saturated carbocycles. The molecule has 0 spiro atoms. The highest BCUT2D eigenvalue weighted by molar-refractivity contribution is 5.91. The fourth-order valence-corrected chi connectivity index (χ4v) is 3.75. The third kappa shape index (κ3) is 4.67. The molecule has 146 valence electrons. The maximum Gasteiger partial charge on any atom is 0.239 e. The van der Waals surface area contributed by atoms with E-state index in [-0.39, 0.29) is 18.3 Å². The third-order valence-corrected chi connectivity index (χ3v) is 5.19. The molecule has 2 aromatic rings. The molecule has 5 nitrogen and oxygen atoms in total. The number of carbonyl (C=O) groups is 1. The second-order valence-electron chi connectivity index (χ2n) is 7.05. The van der Waals surface area contributed by atoms with Gasteiger partial charge in [0.25, 0.3) is 0 Å². The molecule has 27 heavy (non-hydrogen) atoms. The summed E-state index contributed by atoms with van der Waals surface area (Å²) in [5.74, 6) is 0.0788. The zero-order chi connectivity index (χ0) is 18.4. The van der Waals surface area contributed by atoms with Crippen molar-refractivity contribution < 1.29 is 26.8 Å². The zero-order valence-electron chi connectivity index (χ0n) is 16.0. The van der Waals surface area contributed by atoms with E-state index in [9.17, 15) is 4.79 Å². The molecule has 0 bridgehead atoms. The molecule has 2 heterocycles. The number of aromatic nitrogens is 1. The van der Waals surface area contributed by atoms with Crippen molar-refractivity contribution in [2.75, 3.05) is 46.9 Å². The first-order valence-electron chi connectivity index (χ1n) is 9.24. The molecule has 1 aliphatic rings. The Bertz CT molecular complexity index is 664. The monoisotopic (exact) mass is 389 g/mol. The first-order chi connectivity index (χ1) is 12.6. The van der Waals surface area contributed by atoms with Gasteiger partial charge in [0, 0.05) is 26.7 Å². The summed E-state index contributed by atoms with van der Waals surface area (Å²) in [6, 6.07) is 15.9. The number of likely N-dealkylation sites (N-methyl/N-ethyl adjacent to an activating group) is 1. The SMILES string of the molecule is CN(C)C(=O)C(CC[NH+]1CCOCC1)(c1ccccc1)c1ccccn1.[Cl-]. The van der Waals surface area contributed by atoms with Crippen molar-refractivity contribution in [1.29, 1.82) is 0 Å². The van der Waals surface area contributed by atoms with Crippen LogP contribution in [0, 0.1) is 0 Å². The summed E-state index contributed by atoms with van der Waals surface area (Å²) in [6.45, 7) is 4.47. The summed E-state index contributed by atoms with van der Waals surface area (Å²) in [4.78, 5) is 21.3. The molecule has 6 heteroatoms. The van der Waals surface area contributed by atoms with Crippen molar-refractivity contribution >= 4 is 5.91 Å². The van der Waals surface area contributed by atoms with Gasteiger partial charge in [-0.15, -0.1) is 0 Å². The average Bonchev–Trinajstić information content (AvgIpc) is 2.70. The molecule has 1 aliphatic heterocycles. The van der Waals surface area contributed by atoms with Crippen LogP contribution in [0.1, 0.15) is 17.7 Å². The van der Waals surface area contributed by atoms with E-state index in [4.69, 9.17) is 4.74 Å². The number of rotatable bonds is 6. The van der Waals surface area contributed by atoms with Crippen molar-refractivity contribution in [3.05, 3.63) is 66.0 Å². The van der Waals surface area contributed by atoms with Gasteiger partial charge in [-0.2, -0.15) is 0 Å². The maximum atomic E-state index is 13.5. The number of benzene rings is 1. The summed E-state index contributed by atoms with van der Waals surface area (Å²) in [7, 11) is 3.65. The van der Waals surface area contributed by atoms with E-state index < -0.39 is 5.41 Å². The molecule has 1 amide bonds. The van der Waals surface area contributed by atoms with Gasteiger partial charge in [0.1, 0.15) is 18.5 Å².